The van der Waals surface area contributed by atoms with Crippen molar-refractivity contribution in [2.24, 2.45) is 5.14 Å². The summed E-state index contributed by atoms with van der Waals surface area (Å²) in [6.07, 6.45) is 4.30. The molecule has 112 valence electrons. The van der Waals surface area contributed by atoms with E-state index in [1.807, 2.05) is 13.8 Å². The number of sulfonamides is 1. The smallest absolute Gasteiger partial charge is 0.270 e. The molecule has 1 aliphatic rings. The second-order valence-corrected chi connectivity index (χ2v) is 6.69. The number of amides is 1. The van der Waals surface area contributed by atoms with Crippen LogP contribution in [0.2, 0.25) is 0 Å². The van der Waals surface area contributed by atoms with Crippen molar-refractivity contribution in [3.63, 3.8) is 0 Å². The number of primary sulfonamides is 1. The number of nitrogens with zero attached hydrogens (tertiary/aromatic N) is 2. The number of hydrogen-bond donors (Lipinski definition) is 1. The molecule has 1 aliphatic carbocycles. The van der Waals surface area contributed by atoms with Gasteiger partial charge < -0.3 is 9.47 Å². The minimum Gasteiger partial charge on any atom is -0.339 e. The zero-order valence-corrected chi connectivity index (χ0v) is 12.7. The first-order valence-electron chi connectivity index (χ1n) is 6.92. The van der Waals surface area contributed by atoms with Crippen LogP contribution in [0.3, 0.4) is 0 Å². The van der Waals surface area contributed by atoms with Crippen molar-refractivity contribution in [1.29, 1.82) is 0 Å². The second-order valence-electron chi connectivity index (χ2n) is 5.13. The fraction of sp³-hybridized carbons (Fsp3) is 0.615. The molecular formula is C13H21N3O3S. The molecule has 0 bridgehead atoms. The molecule has 0 aromatic carbocycles. The van der Waals surface area contributed by atoms with Crippen LogP contribution in [-0.4, -0.2) is 36.9 Å². The van der Waals surface area contributed by atoms with Crippen molar-refractivity contribution >= 4 is 15.9 Å². The summed E-state index contributed by atoms with van der Waals surface area (Å²) in [6, 6.07) is 1.62. The third-order valence-electron chi connectivity index (χ3n) is 3.47. The fourth-order valence-electron chi connectivity index (χ4n) is 2.27. The highest BCUT2D eigenvalue weighted by atomic mass is 32.2. The van der Waals surface area contributed by atoms with Gasteiger partial charge in [0.05, 0.1) is 0 Å². The molecular weight excluding hydrogens is 278 g/mol. The Morgan fingerprint density at radius 1 is 1.45 bits per heavy atom. The van der Waals surface area contributed by atoms with E-state index in [9.17, 15) is 13.2 Å². The molecule has 2 rings (SSSR count). The minimum atomic E-state index is -3.78. The summed E-state index contributed by atoms with van der Waals surface area (Å²) in [5.74, 6) is -0.129. The highest BCUT2D eigenvalue weighted by molar-refractivity contribution is 7.89. The molecule has 2 N–H and O–H groups in total. The van der Waals surface area contributed by atoms with Gasteiger partial charge in [0, 0.05) is 25.3 Å². The Morgan fingerprint density at radius 2 is 2.10 bits per heavy atom. The van der Waals surface area contributed by atoms with Crippen LogP contribution in [-0.2, 0) is 10.0 Å². The standard InChI is InChI=1S/C13H21N3O3S/c1-3-7-15(4-2)13(17)12-8-11(20(14,18)19)9-16(12)10-5-6-10/h8-10H,3-7H2,1-2H3,(H2,14,18,19). The summed E-state index contributed by atoms with van der Waals surface area (Å²) in [5, 5.41) is 5.16. The summed E-state index contributed by atoms with van der Waals surface area (Å²) < 4.78 is 24.7. The minimum absolute atomic E-state index is 0.0142. The Kier molecular flexibility index (Phi) is 4.19. The summed E-state index contributed by atoms with van der Waals surface area (Å²) in [5.41, 5.74) is 0.423. The number of carbonyl (C=O) groups is 1. The molecule has 1 aromatic heterocycles. The van der Waals surface area contributed by atoms with E-state index in [2.05, 4.69) is 0 Å². The van der Waals surface area contributed by atoms with Gasteiger partial charge in [0.15, 0.2) is 0 Å². The van der Waals surface area contributed by atoms with E-state index < -0.39 is 10.0 Å². The quantitative estimate of drug-likeness (QED) is 0.860. The number of nitrogens with two attached hydrogens (primary N) is 1. The maximum Gasteiger partial charge on any atom is 0.270 e. The molecule has 1 fully saturated rings. The van der Waals surface area contributed by atoms with E-state index in [1.54, 1.807) is 9.47 Å². The first-order valence-corrected chi connectivity index (χ1v) is 8.47. The molecule has 1 amide bonds. The van der Waals surface area contributed by atoms with Crippen LogP contribution in [0.4, 0.5) is 0 Å². The van der Waals surface area contributed by atoms with Gasteiger partial charge >= 0.3 is 0 Å². The summed E-state index contributed by atoms with van der Waals surface area (Å²) in [6.45, 7) is 5.19. The zero-order chi connectivity index (χ0) is 14.9. The van der Waals surface area contributed by atoms with Crippen LogP contribution in [0, 0.1) is 0 Å². The van der Waals surface area contributed by atoms with E-state index >= 15 is 0 Å². The molecule has 0 spiro atoms. The van der Waals surface area contributed by atoms with Crippen molar-refractivity contribution in [3.05, 3.63) is 18.0 Å². The van der Waals surface area contributed by atoms with Crippen LogP contribution in [0.15, 0.2) is 17.2 Å². The summed E-state index contributed by atoms with van der Waals surface area (Å²) >= 11 is 0. The average Bonchev–Trinajstić information content (AvgIpc) is 3.12. The lowest BCUT2D eigenvalue weighted by molar-refractivity contribution is 0.0753. The van der Waals surface area contributed by atoms with Crippen LogP contribution in [0.5, 0.6) is 0 Å². The van der Waals surface area contributed by atoms with Gasteiger partial charge in [0.25, 0.3) is 5.91 Å². The molecule has 1 aromatic rings. The van der Waals surface area contributed by atoms with Crippen molar-refractivity contribution in [1.82, 2.24) is 9.47 Å². The topological polar surface area (TPSA) is 85.4 Å². The number of carbonyl (C=O) groups excluding carboxylic acids is 1. The molecule has 0 saturated heterocycles. The Balaban J connectivity index is 2.39. The first-order chi connectivity index (χ1) is 9.38. The predicted octanol–water partition coefficient (Wildman–Crippen LogP) is 1.34. The van der Waals surface area contributed by atoms with Gasteiger partial charge in [-0.1, -0.05) is 6.92 Å². The van der Waals surface area contributed by atoms with Gasteiger partial charge in [0.2, 0.25) is 10.0 Å². The summed E-state index contributed by atoms with van der Waals surface area (Å²) in [7, 11) is -3.78. The van der Waals surface area contributed by atoms with Gasteiger partial charge in [-0.25, -0.2) is 13.6 Å². The van der Waals surface area contributed by atoms with Crippen LogP contribution in [0.1, 0.15) is 49.6 Å². The maximum absolute atomic E-state index is 12.5. The van der Waals surface area contributed by atoms with Gasteiger partial charge in [-0.3, -0.25) is 4.79 Å². The molecule has 20 heavy (non-hydrogen) atoms. The van der Waals surface area contributed by atoms with Gasteiger partial charge in [-0.15, -0.1) is 0 Å². The lowest BCUT2D eigenvalue weighted by Crippen LogP contribution is -2.32. The zero-order valence-electron chi connectivity index (χ0n) is 11.9. The number of aromatic nitrogens is 1. The van der Waals surface area contributed by atoms with E-state index in [1.165, 1.54) is 12.3 Å². The predicted molar refractivity (Wildman–Crippen MR) is 75.9 cm³/mol. The normalized spacial score (nSPS) is 15.3. The third-order valence-corrected chi connectivity index (χ3v) is 4.35. The molecule has 1 saturated carbocycles. The molecule has 0 aliphatic heterocycles. The highest BCUT2D eigenvalue weighted by Gasteiger charge is 2.30. The van der Waals surface area contributed by atoms with Crippen LogP contribution in [0.25, 0.3) is 0 Å². The average molecular weight is 299 g/mol. The van der Waals surface area contributed by atoms with E-state index in [0.717, 1.165) is 19.3 Å². The number of hydrogen-bond acceptors (Lipinski definition) is 3. The fourth-order valence-corrected chi connectivity index (χ4v) is 2.81. The number of rotatable bonds is 6. The largest absolute Gasteiger partial charge is 0.339 e. The van der Waals surface area contributed by atoms with Gasteiger partial charge in [-0.2, -0.15) is 0 Å². The Labute approximate surface area is 119 Å². The van der Waals surface area contributed by atoms with Crippen LogP contribution >= 0.6 is 0 Å². The third kappa shape index (κ3) is 3.04. The molecule has 0 atom stereocenters. The van der Waals surface area contributed by atoms with E-state index in [4.69, 9.17) is 5.14 Å². The Bertz CT molecular complexity index is 602. The monoisotopic (exact) mass is 299 g/mol. The van der Waals surface area contributed by atoms with Gasteiger partial charge in [0.1, 0.15) is 10.6 Å². The van der Waals surface area contributed by atoms with Crippen molar-refractivity contribution in [2.75, 3.05) is 13.1 Å². The maximum atomic E-state index is 12.5. The molecule has 0 unspecified atom stereocenters. The van der Waals surface area contributed by atoms with Crippen molar-refractivity contribution < 1.29 is 13.2 Å². The lowest BCUT2D eigenvalue weighted by Gasteiger charge is -2.20. The molecule has 7 heteroatoms. The molecule has 0 radical (unpaired) electrons. The van der Waals surface area contributed by atoms with Gasteiger partial charge in [-0.05, 0) is 32.3 Å². The highest BCUT2D eigenvalue weighted by Crippen LogP contribution is 2.37. The molecule has 1 heterocycles. The molecule has 6 nitrogen and oxygen atoms in total. The van der Waals surface area contributed by atoms with Crippen molar-refractivity contribution in [2.45, 2.75) is 44.0 Å². The first kappa shape index (κ1) is 15.1. The second kappa shape index (κ2) is 5.57. The Hall–Kier alpha value is -1.34. The van der Waals surface area contributed by atoms with Crippen LogP contribution < -0.4 is 5.14 Å². The lowest BCUT2D eigenvalue weighted by atomic mass is 10.3. The Morgan fingerprint density at radius 3 is 2.55 bits per heavy atom. The van der Waals surface area contributed by atoms with Crippen molar-refractivity contribution in [3.8, 4) is 0 Å². The summed E-state index contributed by atoms with van der Waals surface area (Å²) in [4.78, 5) is 14.3. The SMILES string of the molecule is CCCN(CC)C(=O)c1cc(S(N)(=O)=O)cn1C1CC1. The van der Waals surface area contributed by atoms with E-state index in [-0.39, 0.29) is 16.8 Å². The van der Waals surface area contributed by atoms with E-state index in [0.29, 0.717) is 18.8 Å².